The van der Waals surface area contributed by atoms with Crippen molar-refractivity contribution in [3.8, 4) is 0 Å². The van der Waals surface area contributed by atoms with Crippen molar-refractivity contribution >= 4 is 56.4 Å². The minimum absolute atomic E-state index is 0.0884. The van der Waals surface area contributed by atoms with E-state index in [1.807, 2.05) is 0 Å². The fraction of sp³-hybridized carbons (Fsp3) is 0.263. The second-order valence-electron chi connectivity index (χ2n) is 7.52. The van der Waals surface area contributed by atoms with Gasteiger partial charge in [0, 0.05) is 5.69 Å². The van der Waals surface area contributed by atoms with E-state index in [2.05, 4.69) is 5.32 Å². The molecular formula is C19H15Cl2F3N2O4S. The van der Waals surface area contributed by atoms with E-state index in [-0.39, 0.29) is 22.0 Å². The first-order chi connectivity index (χ1) is 14.1. The Morgan fingerprint density at radius 1 is 1.10 bits per heavy atom. The van der Waals surface area contributed by atoms with Crippen LogP contribution in [0.3, 0.4) is 0 Å². The zero-order valence-corrected chi connectivity index (χ0v) is 18.4. The minimum Gasteiger partial charge on any atom is -0.322 e. The summed E-state index contributed by atoms with van der Waals surface area (Å²) < 4.78 is 64.6. The summed E-state index contributed by atoms with van der Waals surface area (Å²) in [6, 6.07) is 6.40. The zero-order valence-electron chi connectivity index (χ0n) is 16.0. The van der Waals surface area contributed by atoms with Crippen LogP contribution in [0.5, 0.6) is 0 Å². The molecule has 2 aromatic rings. The molecule has 0 spiro atoms. The Morgan fingerprint density at radius 2 is 1.71 bits per heavy atom. The maximum absolute atomic E-state index is 13.0. The van der Waals surface area contributed by atoms with Crippen molar-refractivity contribution in [3.63, 3.8) is 0 Å². The number of carbonyl (C=O) groups is 2. The van der Waals surface area contributed by atoms with E-state index in [9.17, 15) is 31.2 Å². The molecule has 1 fully saturated rings. The molecule has 1 aliphatic heterocycles. The summed E-state index contributed by atoms with van der Waals surface area (Å²) in [6.45, 7) is 2.96. The van der Waals surface area contributed by atoms with Gasteiger partial charge in [-0.1, -0.05) is 23.2 Å². The van der Waals surface area contributed by atoms with E-state index in [0.717, 1.165) is 12.1 Å². The van der Waals surface area contributed by atoms with E-state index in [0.29, 0.717) is 10.4 Å². The fourth-order valence-corrected chi connectivity index (χ4v) is 5.62. The Labute approximate surface area is 186 Å². The fourth-order valence-electron chi connectivity index (χ4n) is 3.09. The summed E-state index contributed by atoms with van der Waals surface area (Å²) in [4.78, 5) is 25.2. The molecule has 2 amide bonds. The highest BCUT2D eigenvalue weighted by molar-refractivity contribution is 7.94. The van der Waals surface area contributed by atoms with Gasteiger partial charge in [0.2, 0.25) is 15.9 Å². The molecule has 1 saturated heterocycles. The van der Waals surface area contributed by atoms with Gasteiger partial charge in [-0.15, -0.1) is 0 Å². The molecule has 0 aromatic heterocycles. The van der Waals surface area contributed by atoms with Crippen LogP contribution in [0.4, 0.5) is 24.5 Å². The van der Waals surface area contributed by atoms with Crippen LogP contribution in [0.15, 0.2) is 36.4 Å². The number of amides is 2. The Bertz CT molecular complexity index is 1200. The van der Waals surface area contributed by atoms with Crippen molar-refractivity contribution in [1.82, 2.24) is 0 Å². The van der Waals surface area contributed by atoms with Crippen LogP contribution in [-0.2, 0) is 21.0 Å². The third-order valence-corrected chi connectivity index (χ3v) is 7.22. The van der Waals surface area contributed by atoms with Gasteiger partial charge in [0.05, 0.1) is 38.0 Å². The highest BCUT2D eigenvalue weighted by Gasteiger charge is 2.50. The van der Waals surface area contributed by atoms with Gasteiger partial charge in [0.25, 0.3) is 5.91 Å². The number of carbonyl (C=O) groups excluding carboxylic acids is 2. The van der Waals surface area contributed by atoms with Crippen LogP contribution in [-0.4, -0.2) is 26.0 Å². The molecule has 2 aromatic carbocycles. The Hall–Kier alpha value is -2.30. The maximum Gasteiger partial charge on any atom is 0.417 e. The topological polar surface area (TPSA) is 83.6 Å². The molecule has 12 heteroatoms. The predicted octanol–water partition coefficient (Wildman–Crippen LogP) is 4.97. The molecule has 1 aliphatic rings. The first kappa shape index (κ1) is 23.4. The van der Waals surface area contributed by atoms with Crippen LogP contribution < -0.4 is 9.62 Å². The van der Waals surface area contributed by atoms with Crippen molar-refractivity contribution in [2.45, 2.75) is 20.0 Å². The number of rotatable bonds is 3. The van der Waals surface area contributed by atoms with Crippen LogP contribution in [0, 0.1) is 5.41 Å². The lowest BCUT2D eigenvalue weighted by Gasteiger charge is -2.18. The maximum atomic E-state index is 13.0. The molecule has 0 aliphatic carbocycles. The predicted molar refractivity (Wildman–Crippen MR) is 111 cm³/mol. The van der Waals surface area contributed by atoms with E-state index in [1.54, 1.807) is 0 Å². The lowest BCUT2D eigenvalue weighted by atomic mass is 9.95. The number of anilines is 2. The average molecular weight is 495 g/mol. The number of nitrogens with one attached hydrogen (secondary N) is 1. The number of nitrogens with zero attached hydrogens (tertiary/aromatic N) is 1. The Kier molecular flexibility index (Phi) is 5.79. The number of halogens is 5. The van der Waals surface area contributed by atoms with Gasteiger partial charge in [-0.05, 0) is 50.2 Å². The first-order valence-electron chi connectivity index (χ1n) is 8.68. The largest absolute Gasteiger partial charge is 0.417 e. The van der Waals surface area contributed by atoms with Crippen molar-refractivity contribution in [3.05, 3.63) is 57.6 Å². The van der Waals surface area contributed by atoms with Crippen molar-refractivity contribution in [1.29, 1.82) is 0 Å². The third-order valence-electron chi connectivity index (χ3n) is 4.54. The molecular weight excluding hydrogens is 480 g/mol. The second kappa shape index (κ2) is 7.68. The number of benzene rings is 2. The molecule has 1 N–H and O–H groups in total. The van der Waals surface area contributed by atoms with Gasteiger partial charge >= 0.3 is 6.18 Å². The molecule has 0 unspecified atom stereocenters. The van der Waals surface area contributed by atoms with Crippen LogP contribution in [0.2, 0.25) is 10.0 Å². The lowest BCUT2D eigenvalue weighted by Crippen LogP contribution is -2.33. The molecule has 0 bridgehead atoms. The average Bonchev–Trinajstić information content (AvgIpc) is 2.79. The van der Waals surface area contributed by atoms with E-state index >= 15 is 0 Å². The molecule has 166 valence electrons. The second-order valence-corrected chi connectivity index (χ2v) is 10.2. The van der Waals surface area contributed by atoms with Gasteiger partial charge in [0.15, 0.2) is 0 Å². The number of alkyl halides is 3. The molecule has 0 atom stereocenters. The SMILES string of the molecule is CC1(C)CS(=O)(=O)N(c2ccc(Cl)c(C(=O)Nc3ccc(Cl)c(C(F)(F)F)c3)c2)C1=O. The molecule has 31 heavy (non-hydrogen) atoms. The summed E-state index contributed by atoms with van der Waals surface area (Å²) in [7, 11) is -3.97. The normalized spacial score (nSPS) is 17.6. The summed E-state index contributed by atoms with van der Waals surface area (Å²) in [5, 5.41) is 1.65. The van der Waals surface area contributed by atoms with Crippen LogP contribution >= 0.6 is 23.2 Å². The van der Waals surface area contributed by atoms with E-state index in [1.165, 1.54) is 32.0 Å². The van der Waals surface area contributed by atoms with Gasteiger partial charge < -0.3 is 5.32 Å². The number of hydrogen-bond donors (Lipinski definition) is 1. The zero-order chi connectivity index (χ0) is 23.4. The third kappa shape index (κ3) is 4.51. The summed E-state index contributed by atoms with van der Waals surface area (Å²) in [5.41, 5.74) is -2.82. The van der Waals surface area contributed by atoms with Crippen molar-refractivity contribution < 1.29 is 31.2 Å². The Balaban J connectivity index is 1.96. The minimum atomic E-state index is -4.73. The smallest absolute Gasteiger partial charge is 0.322 e. The quantitative estimate of drug-likeness (QED) is 0.652. The van der Waals surface area contributed by atoms with Gasteiger partial charge in [-0.25, -0.2) is 12.7 Å². The van der Waals surface area contributed by atoms with Gasteiger partial charge in [-0.2, -0.15) is 13.2 Å². The van der Waals surface area contributed by atoms with Gasteiger partial charge in [-0.3, -0.25) is 9.59 Å². The van der Waals surface area contributed by atoms with E-state index < -0.39 is 49.8 Å². The Morgan fingerprint density at radius 3 is 2.26 bits per heavy atom. The monoisotopic (exact) mass is 494 g/mol. The van der Waals surface area contributed by atoms with Crippen LogP contribution in [0.1, 0.15) is 29.8 Å². The van der Waals surface area contributed by atoms with Crippen LogP contribution in [0.25, 0.3) is 0 Å². The first-order valence-corrected chi connectivity index (χ1v) is 11.0. The standard InChI is InChI=1S/C19H15Cl2F3N2O4S/c1-18(2)9-31(29,30)26(17(18)28)11-4-6-14(20)12(8-11)16(27)25-10-3-5-15(21)13(7-10)19(22,23)24/h3-8H,9H2,1-2H3,(H,25,27). The van der Waals surface area contributed by atoms with Crippen molar-refractivity contribution in [2.75, 3.05) is 15.4 Å². The summed E-state index contributed by atoms with van der Waals surface area (Å²) in [6.07, 6.45) is -4.73. The number of hydrogen-bond acceptors (Lipinski definition) is 4. The van der Waals surface area contributed by atoms with Crippen molar-refractivity contribution in [2.24, 2.45) is 5.41 Å². The highest BCUT2D eigenvalue weighted by atomic mass is 35.5. The van der Waals surface area contributed by atoms with E-state index in [4.69, 9.17) is 23.2 Å². The molecule has 6 nitrogen and oxygen atoms in total. The summed E-state index contributed by atoms with van der Waals surface area (Å²) in [5.74, 6) is -1.98. The summed E-state index contributed by atoms with van der Waals surface area (Å²) >= 11 is 11.6. The number of sulfonamides is 1. The molecule has 3 rings (SSSR count). The highest BCUT2D eigenvalue weighted by Crippen LogP contribution is 2.38. The molecule has 1 heterocycles. The molecule has 0 saturated carbocycles. The molecule has 0 radical (unpaired) electrons. The van der Waals surface area contributed by atoms with Gasteiger partial charge in [0.1, 0.15) is 0 Å². The lowest BCUT2D eigenvalue weighted by molar-refractivity contribution is -0.137.